The highest BCUT2D eigenvalue weighted by molar-refractivity contribution is 7.63. The first kappa shape index (κ1) is 20.3. The van der Waals surface area contributed by atoms with Crippen LogP contribution in [-0.4, -0.2) is 36.4 Å². The van der Waals surface area contributed by atoms with Crippen LogP contribution in [0.25, 0.3) is 11.0 Å². The Morgan fingerprint density at radius 1 is 0.840 bits per heavy atom. The van der Waals surface area contributed by atoms with E-state index in [-0.39, 0.29) is 26.4 Å². The molecule has 0 bridgehead atoms. The lowest BCUT2D eigenvalue weighted by Crippen LogP contribution is -2.18. The van der Waals surface area contributed by atoms with Gasteiger partial charge in [0.05, 0.1) is 48.9 Å². The van der Waals surface area contributed by atoms with E-state index in [1.165, 1.54) is 6.33 Å². The van der Waals surface area contributed by atoms with Crippen LogP contribution in [0, 0.1) is 0 Å². The fourth-order valence-electron chi connectivity index (χ4n) is 2.49. The van der Waals surface area contributed by atoms with E-state index in [0.29, 0.717) is 21.6 Å². The number of H-pyrrole nitrogens is 1. The van der Waals surface area contributed by atoms with Crippen molar-refractivity contribution in [2.24, 2.45) is 0 Å². The van der Waals surface area contributed by atoms with Gasteiger partial charge in [-0.3, -0.25) is 9.13 Å². The number of aromatic amines is 1. The summed E-state index contributed by atoms with van der Waals surface area (Å²) in [5.74, 6) is 0. The largest absolute Gasteiger partial charge is 0.363 e. The second-order valence-corrected chi connectivity index (χ2v) is 8.88. The zero-order chi connectivity index (χ0) is 18.5. The molecule has 2 rings (SSSR count). The Morgan fingerprint density at radius 3 is 1.76 bits per heavy atom. The van der Waals surface area contributed by atoms with Gasteiger partial charge in [-0.2, -0.15) is 0 Å². The van der Waals surface area contributed by atoms with Crippen molar-refractivity contribution in [3.8, 4) is 0 Å². The zero-order valence-electron chi connectivity index (χ0n) is 14.9. The summed E-state index contributed by atoms with van der Waals surface area (Å²) in [7, 11) is -7.07. The number of nitrogens with one attached hydrogen (secondary N) is 1. The Balaban J connectivity index is 2.65. The third-order valence-electron chi connectivity index (χ3n) is 3.32. The van der Waals surface area contributed by atoms with Crippen molar-refractivity contribution in [2.45, 2.75) is 27.7 Å². The molecule has 10 heteroatoms. The number of hydrogen-bond acceptors (Lipinski definition) is 7. The van der Waals surface area contributed by atoms with Gasteiger partial charge in [0.25, 0.3) is 0 Å². The van der Waals surface area contributed by atoms with Gasteiger partial charge in [0.15, 0.2) is 0 Å². The first-order chi connectivity index (χ1) is 12.0. The molecule has 1 aromatic carbocycles. The molecule has 0 atom stereocenters. The average Bonchev–Trinajstić information content (AvgIpc) is 3.04. The van der Waals surface area contributed by atoms with E-state index >= 15 is 0 Å². The Morgan fingerprint density at radius 2 is 1.28 bits per heavy atom. The summed E-state index contributed by atoms with van der Waals surface area (Å²) < 4.78 is 47.8. The number of nitrogens with zero attached hydrogens (tertiary/aromatic N) is 1. The number of imidazole rings is 1. The second-order valence-electron chi connectivity index (χ2n) is 4.90. The third-order valence-corrected chi connectivity index (χ3v) is 7.63. The lowest BCUT2D eigenvalue weighted by molar-refractivity contribution is 0.228. The molecule has 0 saturated heterocycles. The minimum atomic E-state index is -3.54. The molecule has 0 radical (unpaired) electrons. The summed E-state index contributed by atoms with van der Waals surface area (Å²) in [5, 5.41) is 0.655. The van der Waals surface area contributed by atoms with Gasteiger partial charge < -0.3 is 23.1 Å². The predicted molar refractivity (Wildman–Crippen MR) is 97.1 cm³/mol. The standard InChI is InChI=1S/C15H24N2O6P2/c1-5-20-24(18,21-6-2)12-9-10-13(15-14(12)16-11-17-15)25(19,22-7-3)23-8-4/h9-11H,5-8H2,1-4H3,(H,16,17). The van der Waals surface area contributed by atoms with E-state index in [1.807, 2.05) is 0 Å². The van der Waals surface area contributed by atoms with E-state index in [1.54, 1.807) is 39.8 Å². The van der Waals surface area contributed by atoms with Crippen molar-refractivity contribution in [3.05, 3.63) is 18.5 Å². The van der Waals surface area contributed by atoms with Crippen LogP contribution in [0.3, 0.4) is 0 Å². The van der Waals surface area contributed by atoms with E-state index in [4.69, 9.17) is 18.1 Å². The first-order valence-electron chi connectivity index (χ1n) is 8.21. The summed E-state index contributed by atoms with van der Waals surface area (Å²) >= 11 is 0. The molecule has 25 heavy (non-hydrogen) atoms. The molecule has 2 aromatic rings. The van der Waals surface area contributed by atoms with Crippen molar-refractivity contribution in [2.75, 3.05) is 26.4 Å². The molecule has 0 aliphatic rings. The normalized spacial score (nSPS) is 12.8. The Labute approximate surface area is 147 Å². The van der Waals surface area contributed by atoms with Gasteiger partial charge in [0.2, 0.25) is 0 Å². The second kappa shape index (κ2) is 8.58. The number of fused-ring (bicyclic) bond motifs is 1. The van der Waals surface area contributed by atoms with Crippen LogP contribution in [0.4, 0.5) is 0 Å². The molecule has 8 nitrogen and oxygen atoms in total. The Bertz CT molecular complexity index is 722. The molecule has 140 valence electrons. The molecular formula is C15H24N2O6P2. The zero-order valence-corrected chi connectivity index (χ0v) is 16.6. The van der Waals surface area contributed by atoms with Gasteiger partial charge in [-0.25, -0.2) is 4.98 Å². The lowest BCUT2D eigenvalue weighted by Gasteiger charge is -2.20. The van der Waals surface area contributed by atoms with Gasteiger partial charge in [0.1, 0.15) is 5.52 Å². The molecule has 1 N–H and O–H groups in total. The van der Waals surface area contributed by atoms with Crippen LogP contribution >= 0.6 is 15.2 Å². The summed E-state index contributed by atoms with van der Waals surface area (Å²) in [6, 6.07) is 3.11. The van der Waals surface area contributed by atoms with Crippen molar-refractivity contribution in [1.29, 1.82) is 0 Å². The molecule has 1 aromatic heterocycles. The molecule has 0 aliphatic heterocycles. The maximum Gasteiger partial charge on any atom is 0.363 e. The molecule has 0 aliphatic carbocycles. The maximum absolute atomic E-state index is 13.1. The highest BCUT2D eigenvalue weighted by Crippen LogP contribution is 2.51. The number of hydrogen-bond donors (Lipinski definition) is 1. The summed E-state index contributed by atoms with van der Waals surface area (Å²) in [4.78, 5) is 7.16. The van der Waals surface area contributed by atoms with Crippen molar-refractivity contribution in [1.82, 2.24) is 9.97 Å². The average molecular weight is 390 g/mol. The third kappa shape index (κ3) is 4.05. The number of benzene rings is 1. The number of rotatable bonds is 10. The highest BCUT2D eigenvalue weighted by atomic mass is 31.2. The molecule has 0 saturated carbocycles. The minimum Gasteiger partial charge on any atom is -0.344 e. The SMILES string of the molecule is CCOP(=O)(OCC)c1ccc(P(=O)(OCC)OCC)c2[nH]cnc12. The van der Waals surface area contributed by atoms with Crippen LogP contribution in [0.1, 0.15) is 27.7 Å². The smallest absolute Gasteiger partial charge is 0.344 e. The molecule has 0 spiro atoms. The molecule has 0 fully saturated rings. The van der Waals surface area contributed by atoms with Crippen LogP contribution in [-0.2, 0) is 27.2 Å². The summed E-state index contributed by atoms with van der Waals surface area (Å²) in [6.45, 7) is 7.85. The fourth-order valence-corrected chi connectivity index (χ4v) is 5.94. The Hall–Kier alpha value is -1.01. The van der Waals surface area contributed by atoms with Crippen LogP contribution in [0.5, 0.6) is 0 Å². The van der Waals surface area contributed by atoms with E-state index in [9.17, 15) is 9.13 Å². The predicted octanol–water partition coefficient (Wildman–Crippen LogP) is 3.35. The molecule has 0 unspecified atom stereocenters. The van der Waals surface area contributed by atoms with Gasteiger partial charge in [-0.1, -0.05) is 0 Å². The van der Waals surface area contributed by atoms with E-state index in [2.05, 4.69) is 9.97 Å². The quantitative estimate of drug-likeness (QED) is 0.621. The van der Waals surface area contributed by atoms with Crippen LogP contribution in [0.2, 0.25) is 0 Å². The van der Waals surface area contributed by atoms with Crippen molar-refractivity contribution in [3.63, 3.8) is 0 Å². The van der Waals surface area contributed by atoms with Crippen molar-refractivity contribution < 1.29 is 27.2 Å². The monoisotopic (exact) mass is 390 g/mol. The number of aromatic nitrogens is 2. The van der Waals surface area contributed by atoms with Gasteiger partial charge >= 0.3 is 15.2 Å². The first-order valence-corrected chi connectivity index (χ1v) is 11.3. The highest BCUT2D eigenvalue weighted by Gasteiger charge is 2.35. The summed E-state index contributed by atoms with van der Waals surface area (Å²) in [6.07, 6.45) is 1.43. The van der Waals surface area contributed by atoms with Gasteiger partial charge in [0, 0.05) is 0 Å². The Kier molecular flexibility index (Phi) is 6.97. The maximum atomic E-state index is 13.1. The molecule has 0 amide bonds. The molecule has 1 heterocycles. The summed E-state index contributed by atoms with van der Waals surface area (Å²) in [5.41, 5.74) is 0.796. The van der Waals surface area contributed by atoms with Crippen LogP contribution < -0.4 is 10.6 Å². The van der Waals surface area contributed by atoms with Gasteiger partial charge in [-0.05, 0) is 39.8 Å². The van der Waals surface area contributed by atoms with Gasteiger partial charge in [-0.15, -0.1) is 0 Å². The van der Waals surface area contributed by atoms with Crippen molar-refractivity contribution >= 4 is 36.8 Å². The van der Waals surface area contributed by atoms with Crippen LogP contribution in [0.15, 0.2) is 18.5 Å². The van der Waals surface area contributed by atoms with E-state index < -0.39 is 15.2 Å². The lowest BCUT2D eigenvalue weighted by atomic mass is 10.3. The molecular weight excluding hydrogens is 366 g/mol. The topological polar surface area (TPSA) is 99.7 Å². The minimum absolute atomic E-state index is 0.224. The fraction of sp³-hybridized carbons (Fsp3) is 0.533. The van der Waals surface area contributed by atoms with E-state index in [0.717, 1.165) is 0 Å².